The second kappa shape index (κ2) is 9.49. The normalized spacial score (nSPS) is 14.5. The number of amides is 1. The van der Waals surface area contributed by atoms with E-state index in [1.54, 1.807) is 14.2 Å². The molecule has 3 aromatic rings. The average molecular weight is 438 g/mol. The fraction of sp³-hybridized carbons (Fsp3) is 0.333. The summed E-state index contributed by atoms with van der Waals surface area (Å²) in [6, 6.07) is 14.1. The standard InChI is InChI=1S/C24H27N3O3S/c1-17-7-4-5-8-18(17)15-26-11-13-27(14-12-26)24(28)20-16-31-23(25-20)19-9-6-10-21(29-2)22(19)30-3/h4-10,16H,11-15H2,1-3H3. The van der Waals surface area contributed by atoms with Gasteiger partial charge in [-0.05, 0) is 30.2 Å². The molecule has 1 fully saturated rings. The maximum absolute atomic E-state index is 13.0. The minimum atomic E-state index is -0.0140. The minimum absolute atomic E-state index is 0.0140. The molecule has 6 nitrogen and oxygen atoms in total. The van der Waals surface area contributed by atoms with Crippen molar-refractivity contribution in [2.45, 2.75) is 13.5 Å². The zero-order chi connectivity index (χ0) is 21.8. The van der Waals surface area contributed by atoms with Gasteiger partial charge < -0.3 is 14.4 Å². The molecule has 0 radical (unpaired) electrons. The number of benzene rings is 2. The van der Waals surface area contributed by atoms with Crippen LogP contribution in [0.15, 0.2) is 47.8 Å². The van der Waals surface area contributed by atoms with E-state index in [0.29, 0.717) is 30.3 Å². The lowest BCUT2D eigenvalue weighted by Gasteiger charge is -2.34. The summed E-state index contributed by atoms with van der Waals surface area (Å²) in [7, 11) is 3.22. The molecule has 0 spiro atoms. The van der Waals surface area contributed by atoms with Crippen molar-refractivity contribution in [2.24, 2.45) is 0 Å². The van der Waals surface area contributed by atoms with Crippen molar-refractivity contribution in [1.82, 2.24) is 14.8 Å². The summed E-state index contributed by atoms with van der Waals surface area (Å²) in [6.45, 7) is 6.21. The van der Waals surface area contributed by atoms with Gasteiger partial charge in [0.25, 0.3) is 5.91 Å². The highest BCUT2D eigenvalue weighted by atomic mass is 32.1. The molecule has 2 heterocycles. The van der Waals surface area contributed by atoms with Crippen molar-refractivity contribution in [2.75, 3.05) is 40.4 Å². The van der Waals surface area contributed by atoms with Gasteiger partial charge in [0, 0.05) is 38.1 Å². The number of carbonyl (C=O) groups excluding carboxylic acids is 1. The van der Waals surface area contributed by atoms with Crippen molar-refractivity contribution in [1.29, 1.82) is 0 Å². The molecule has 0 aliphatic carbocycles. The zero-order valence-electron chi connectivity index (χ0n) is 18.1. The largest absolute Gasteiger partial charge is 0.493 e. The van der Waals surface area contributed by atoms with E-state index in [1.807, 2.05) is 28.5 Å². The molecule has 2 aromatic carbocycles. The topological polar surface area (TPSA) is 54.9 Å². The molecule has 162 valence electrons. The Morgan fingerprint density at radius 1 is 1.03 bits per heavy atom. The van der Waals surface area contributed by atoms with E-state index >= 15 is 0 Å². The zero-order valence-corrected chi connectivity index (χ0v) is 18.9. The number of ether oxygens (including phenoxy) is 2. The van der Waals surface area contributed by atoms with E-state index in [-0.39, 0.29) is 5.91 Å². The molecule has 1 aromatic heterocycles. The van der Waals surface area contributed by atoms with Gasteiger partial charge in [-0.1, -0.05) is 30.3 Å². The van der Waals surface area contributed by atoms with Gasteiger partial charge in [0.1, 0.15) is 10.7 Å². The quantitative estimate of drug-likeness (QED) is 0.581. The molecular formula is C24H27N3O3S. The molecule has 1 aliphatic heterocycles. The Labute approximate surface area is 187 Å². The number of piperazine rings is 1. The van der Waals surface area contributed by atoms with Gasteiger partial charge >= 0.3 is 0 Å². The van der Waals surface area contributed by atoms with Crippen LogP contribution >= 0.6 is 11.3 Å². The van der Waals surface area contributed by atoms with Crippen LogP contribution in [0.25, 0.3) is 10.6 Å². The highest BCUT2D eigenvalue weighted by Crippen LogP contribution is 2.39. The van der Waals surface area contributed by atoms with Crippen LogP contribution in [0.3, 0.4) is 0 Å². The Hall–Kier alpha value is -2.90. The number of aromatic nitrogens is 1. The van der Waals surface area contributed by atoms with Crippen molar-refractivity contribution in [3.8, 4) is 22.1 Å². The first kappa shape index (κ1) is 21.3. The smallest absolute Gasteiger partial charge is 0.273 e. The summed E-state index contributed by atoms with van der Waals surface area (Å²) >= 11 is 1.44. The summed E-state index contributed by atoms with van der Waals surface area (Å²) in [4.78, 5) is 22.0. The third-order valence-electron chi connectivity index (χ3n) is 5.67. The van der Waals surface area contributed by atoms with Crippen LogP contribution in [-0.2, 0) is 6.54 Å². The van der Waals surface area contributed by atoms with Crippen LogP contribution < -0.4 is 9.47 Å². The molecule has 0 unspecified atom stereocenters. The first-order valence-electron chi connectivity index (χ1n) is 10.3. The lowest BCUT2D eigenvalue weighted by Crippen LogP contribution is -2.48. The minimum Gasteiger partial charge on any atom is -0.493 e. The maximum Gasteiger partial charge on any atom is 0.273 e. The molecule has 0 saturated carbocycles. The summed E-state index contributed by atoms with van der Waals surface area (Å²) in [6.07, 6.45) is 0. The fourth-order valence-corrected chi connectivity index (χ4v) is 4.67. The number of carbonyl (C=O) groups is 1. The van der Waals surface area contributed by atoms with E-state index in [9.17, 15) is 4.79 Å². The summed E-state index contributed by atoms with van der Waals surface area (Å²) in [5.41, 5.74) is 3.97. The highest BCUT2D eigenvalue weighted by Gasteiger charge is 2.25. The van der Waals surface area contributed by atoms with Gasteiger partial charge in [0.2, 0.25) is 0 Å². The van der Waals surface area contributed by atoms with E-state index in [4.69, 9.17) is 9.47 Å². The number of hydrogen-bond donors (Lipinski definition) is 0. The Kier molecular flexibility index (Phi) is 6.53. The Bertz CT molecular complexity index is 1060. The van der Waals surface area contributed by atoms with Crippen LogP contribution in [0.1, 0.15) is 21.6 Å². The molecule has 31 heavy (non-hydrogen) atoms. The summed E-state index contributed by atoms with van der Waals surface area (Å²) in [5, 5.41) is 2.58. The number of nitrogens with zero attached hydrogens (tertiary/aromatic N) is 3. The van der Waals surface area contributed by atoms with E-state index < -0.39 is 0 Å². The molecular weight excluding hydrogens is 410 g/mol. The highest BCUT2D eigenvalue weighted by molar-refractivity contribution is 7.13. The van der Waals surface area contributed by atoms with Crippen molar-refractivity contribution in [3.63, 3.8) is 0 Å². The maximum atomic E-state index is 13.0. The van der Waals surface area contributed by atoms with Gasteiger partial charge in [-0.25, -0.2) is 4.98 Å². The molecule has 0 atom stereocenters. The second-order valence-corrected chi connectivity index (χ2v) is 8.43. The van der Waals surface area contributed by atoms with Gasteiger partial charge in [0.05, 0.1) is 19.8 Å². The monoisotopic (exact) mass is 437 g/mol. The molecule has 1 saturated heterocycles. The summed E-state index contributed by atoms with van der Waals surface area (Å²) in [5.74, 6) is 1.26. The molecule has 0 N–H and O–H groups in total. The predicted molar refractivity (Wildman–Crippen MR) is 123 cm³/mol. The van der Waals surface area contributed by atoms with Gasteiger partial charge in [0.15, 0.2) is 11.5 Å². The van der Waals surface area contributed by atoms with Crippen molar-refractivity contribution >= 4 is 17.2 Å². The third-order valence-corrected chi connectivity index (χ3v) is 6.55. The third kappa shape index (κ3) is 4.57. The van der Waals surface area contributed by atoms with Crippen LogP contribution in [0.4, 0.5) is 0 Å². The molecule has 1 aliphatic rings. The Balaban J connectivity index is 1.42. The number of aryl methyl sites for hydroxylation is 1. The van der Waals surface area contributed by atoms with Crippen LogP contribution in [0.5, 0.6) is 11.5 Å². The van der Waals surface area contributed by atoms with Crippen molar-refractivity contribution < 1.29 is 14.3 Å². The van der Waals surface area contributed by atoms with E-state index in [0.717, 1.165) is 30.2 Å². The Morgan fingerprint density at radius 3 is 2.52 bits per heavy atom. The van der Waals surface area contributed by atoms with Crippen LogP contribution in [-0.4, -0.2) is 61.1 Å². The summed E-state index contributed by atoms with van der Waals surface area (Å²) < 4.78 is 10.9. The van der Waals surface area contributed by atoms with E-state index in [2.05, 4.69) is 41.1 Å². The molecule has 4 rings (SSSR count). The molecule has 1 amide bonds. The van der Waals surface area contributed by atoms with Crippen molar-refractivity contribution in [3.05, 3.63) is 64.7 Å². The predicted octanol–water partition coefficient (Wildman–Crippen LogP) is 4.09. The number of thiazole rings is 1. The van der Waals surface area contributed by atoms with Crippen LogP contribution in [0.2, 0.25) is 0 Å². The van der Waals surface area contributed by atoms with Gasteiger partial charge in [-0.2, -0.15) is 0 Å². The number of hydrogen-bond acceptors (Lipinski definition) is 6. The average Bonchev–Trinajstić information content (AvgIpc) is 3.30. The van der Waals surface area contributed by atoms with Gasteiger partial charge in [-0.3, -0.25) is 9.69 Å². The lowest BCUT2D eigenvalue weighted by molar-refractivity contribution is 0.0623. The van der Waals surface area contributed by atoms with Crippen LogP contribution in [0, 0.1) is 6.92 Å². The fourth-order valence-electron chi connectivity index (χ4n) is 3.85. The Morgan fingerprint density at radius 2 is 1.81 bits per heavy atom. The lowest BCUT2D eigenvalue weighted by atomic mass is 10.1. The SMILES string of the molecule is COc1cccc(-c2nc(C(=O)N3CCN(Cc4ccccc4C)CC3)cs2)c1OC. The number of rotatable bonds is 6. The van der Waals surface area contributed by atoms with E-state index in [1.165, 1.54) is 22.5 Å². The number of para-hydroxylation sites is 1. The first-order chi connectivity index (χ1) is 15.1. The molecule has 0 bridgehead atoms. The molecule has 7 heteroatoms. The van der Waals surface area contributed by atoms with Gasteiger partial charge in [-0.15, -0.1) is 11.3 Å². The number of methoxy groups -OCH3 is 2. The first-order valence-corrected chi connectivity index (χ1v) is 11.2. The second-order valence-electron chi connectivity index (χ2n) is 7.57.